The lowest BCUT2D eigenvalue weighted by atomic mass is 10.1. The van der Waals surface area contributed by atoms with Gasteiger partial charge >= 0.3 is 0 Å². The number of halogens is 1. The number of amides is 1. The Bertz CT molecular complexity index is 810. The number of primary amides is 1. The number of carbonyl (C=O) groups is 2. The number of aryl methyl sites for hydroxylation is 2. The van der Waals surface area contributed by atoms with Crippen LogP contribution in [-0.2, 0) is 17.8 Å². The van der Waals surface area contributed by atoms with Crippen molar-refractivity contribution in [1.29, 1.82) is 0 Å². The van der Waals surface area contributed by atoms with Gasteiger partial charge in [0.15, 0.2) is 5.78 Å². The van der Waals surface area contributed by atoms with Gasteiger partial charge in [0.2, 0.25) is 5.91 Å². The van der Waals surface area contributed by atoms with Crippen molar-refractivity contribution in [2.75, 3.05) is 13.1 Å². The highest BCUT2D eigenvalue weighted by Gasteiger charge is 2.21. The Balaban J connectivity index is 2.12. The van der Waals surface area contributed by atoms with Gasteiger partial charge in [-0.2, -0.15) is 0 Å². The minimum atomic E-state index is -0.426. The Morgan fingerprint density at radius 2 is 1.78 bits per heavy atom. The molecule has 0 saturated carbocycles. The molecule has 0 bridgehead atoms. The summed E-state index contributed by atoms with van der Waals surface area (Å²) in [4.78, 5) is 25.9. The number of aromatic nitrogens is 1. The monoisotopic (exact) mass is 389 g/mol. The van der Waals surface area contributed by atoms with Crippen LogP contribution in [0.2, 0.25) is 5.02 Å². The van der Waals surface area contributed by atoms with Gasteiger partial charge in [0.1, 0.15) is 0 Å². The summed E-state index contributed by atoms with van der Waals surface area (Å²) >= 11 is 5.94. The number of hydrogen-bond acceptors (Lipinski definition) is 3. The Hall–Kier alpha value is -2.11. The summed E-state index contributed by atoms with van der Waals surface area (Å²) < 4.78 is 2.16. The highest BCUT2D eigenvalue weighted by molar-refractivity contribution is 6.30. The number of ketones is 1. The van der Waals surface area contributed by atoms with Crippen LogP contribution in [0, 0.1) is 13.8 Å². The number of carbonyl (C=O) groups excluding carboxylic acids is 2. The van der Waals surface area contributed by atoms with Crippen LogP contribution in [-0.4, -0.2) is 40.3 Å². The zero-order chi connectivity index (χ0) is 20.1. The molecule has 5 nitrogen and oxygen atoms in total. The molecule has 6 heteroatoms. The Morgan fingerprint density at radius 3 is 2.33 bits per heavy atom. The molecule has 0 unspecified atom stereocenters. The van der Waals surface area contributed by atoms with E-state index in [1.54, 1.807) is 4.90 Å². The first kappa shape index (κ1) is 21.2. The van der Waals surface area contributed by atoms with Crippen LogP contribution in [0.4, 0.5) is 0 Å². The van der Waals surface area contributed by atoms with Crippen LogP contribution in [0.25, 0.3) is 0 Å². The summed E-state index contributed by atoms with van der Waals surface area (Å²) in [5, 5.41) is 0.727. The molecule has 1 heterocycles. The third-order valence-corrected chi connectivity index (χ3v) is 5.10. The molecule has 2 rings (SSSR count). The topological polar surface area (TPSA) is 68.3 Å². The molecule has 0 saturated heterocycles. The van der Waals surface area contributed by atoms with E-state index < -0.39 is 5.91 Å². The highest BCUT2D eigenvalue weighted by atomic mass is 35.5. The van der Waals surface area contributed by atoms with Gasteiger partial charge in [0, 0.05) is 34.6 Å². The van der Waals surface area contributed by atoms with Crippen LogP contribution in [0.15, 0.2) is 30.3 Å². The van der Waals surface area contributed by atoms with E-state index in [2.05, 4.69) is 4.57 Å². The average Bonchev–Trinajstić information content (AvgIpc) is 2.87. The van der Waals surface area contributed by atoms with E-state index in [-0.39, 0.29) is 24.9 Å². The molecule has 0 spiro atoms. The smallest absolute Gasteiger partial charge is 0.231 e. The lowest BCUT2D eigenvalue weighted by molar-refractivity contribution is -0.119. The standard InChI is InChI=1S/C21H28ClN3O2/c1-14(2)24(13-21(23)27)12-20(26)19-11-15(3)25(16(19)4)10-9-17-5-7-18(22)8-6-17/h5-8,11,14H,9-10,12-13H2,1-4H3,(H2,23,27). The van der Waals surface area contributed by atoms with E-state index in [1.165, 1.54) is 5.56 Å². The van der Waals surface area contributed by atoms with Crippen molar-refractivity contribution in [3.8, 4) is 0 Å². The molecule has 27 heavy (non-hydrogen) atoms. The fourth-order valence-electron chi connectivity index (χ4n) is 3.21. The van der Waals surface area contributed by atoms with Crippen LogP contribution in [0.5, 0.6) is 0 Å². The highest BCUT2D eigenvalue weighted by Crippen LogP contribution is 2.18. The number of Topliss-reactive ketones (excluding diaryl/α,β-unsaturated/α-hetero) is 1. The molecule has 0 atom stereocenters. The van der Waals surface area contributed by atoms with Crippen molar-refractivity contribution >= 4 is 23.3 Å². The van der Waals surface area contributed by atoms with Gasteiger partial charge in [-0.25, -0.2) is 0 Å². The molecule has 0 fully saturated rings. The predicted octanol–water partition coefficient (Wildman–Crippen LogP) is 3.38. The van der Waals surface area contributed by atoms with Gasteiger partial charge in [0.05, 0.1) is 13.1 Å². The fourth-order valence-corrected chi connectivity index (χ4v) is 3.34. The van der Waals surface area contributed by atoms with Crippen molar-refractivity contribution in [2.24, 2.45) is 5.73 Å². The van der Waals surface area contributed by atoms with Crippen molar-refractivity contribution in [3.63, 3.8) is 0 Å². The third-order valence-electron chi connectivity index (χ3n) is 4.85. The average molecular weight is 390 g/mol. The minimum absolute atomic E-state index is 0.00999. The first-order chi connectivity index (χ1) is 12.7. The fraction of sp³-hybridized carbons (Fsp3) is 0.429. The van der Waals surface area contributed by atoms with E-state index >= 15 is 0 Å². The van der Waals surface area contributed by atoms with Crippen LogP contribution < -0.4 is 5.73 Å². The van der Waals surface area contributed by atoms with E-state index in [1.807, 2.05) is 58.0 Å². The zero-order valence-electron chi connectivity index (χ0n) is 16.5. The Kier molecular flexibility index (Phi) is 7.22. The maximum absolute atomic E-state index is 12.8. The van der Waals surface area contributed by atoms with Gasteiger partial charge < -0.3 is 10.3 Å². The van der Waals surface area contributed by atoms with Gasteiger partial charge in [-0.3, -0.25) is 14.5 Å². The minimum Gasteiger partial charge on any atom is -0.369 e. The molecule has 2 N–H and O–H groups in total. The van der Waals surface area contributed by atoms with E-state index in [4.69, 9.17) is 17.3 Å². The number of hydrogen-bond donors (Lipinski definition) is 1. The molecule has 146 valence electrons. The second-order valence-corrected chi connectivity index (χ2v) is 7.64. The summed E-state index contributed by atoms with van der Waals surface area (Å²) in [5.41, 5.74) is 9.22. The molecular weight excluding hydrogens is 362 g/mol. The van der Waals surface area contributed by atoms with E-state index in [0.29, 0.717) is 5.56 Å². The first-order valence-corrected chi connectivity index (χ1v) is 9.53. The summed E-state index contributed by atoms with van der Waals surface area (Å²) in [5.74, 6) is -0.416. The van der Waals surface area contributed by atoms with Crippen molar-refractivity contribution in [1.82, 2.24) is 9.47 Å². The van der Waals surface area contributed by atoms with Gasteiger partial charge in [-0.05, 0) is 57.9 Å². The lowest BCUT2D eigenvalue weighted by Crippen LogP contribution is -2.41. The molecule has 1 aromatic carbocycles. The summed E-state index contributed by atoms with van der Waals surface area (Å²) in [6.45, 7) is 8.94. The summed E-state index contributed by atoms with van der Waals surface area (Å²) in [6.07, 6.45) is 0.862. The van der Waals surface area contributed by atoms with Crippen LogP contribution >= 0.6 is 11.6 Å². The number of nitrogens with zero attached hydrogens (tertiary/aromatic N) is 2. The van der Waals surface area contributed by atoms with Gasteiger partial charge in [-0.15, -0.1) is 0 Å². The lowest BCUT2D eigenvalue weighted by Gasteiger charge is -2.24. The number of rotatable bonds is 9. The first-order valence-electron chi connectivity index (χ1n) is 9.15. The Labute approximate surface area is 166 Å². The normalized spacial score (nSPS) is 11.4. The molecule has 2 aromatic rings. The van der Waals surface area contributed by atoms with Crippen molar-refractivity contribution in [3.05, 3.63) is 57.9 Å². The van der Waals surface area contributed by atoms with E-state index in [9.17, 15) is 9.59 Å². The predicted molar refractivity (Wildman–Crippen MR) is 109 cm³/mol. The number of nitrogens with two attached hydrogens (primary N) is 1. The van der Waals surface area contributed by atoms with Gasteiger partial charge in [0.25, 0.3) is 0 Å². The largest absolute Gasteiger partial charge is 0.369 e. The number of benzene rings is 1. The summed E-state index contributed by atoms with van der Waals surface area (Å²) in [6, 6.07) is 9.82. The maximum atomic E-state index is 12.8. The SMILES string of the molecule is Cc1cc(C(=O)CN(CC(N)=O)C(C)C)c(C)n1CCc1ccc(Cl)cc1. The molecule has 0 aliphatic carbocycles. The van der Waals surface area contributed by atoms with Gasteiger partial charge in [-0.1, -0.05) is 23.7 Å². The second-order valence-electron chi connectivity index (χ2n) is 7.20. The van der Waals surface area contributed by atoms with Crippen LogP contribution in [0.1, 0.15) is 41.2 Å². The molecule has 1 amide bonds. The molecular formula is C21H28ClN3O2. The summed E-state index contributed by atoms with van der Waals surface area (Å²) in [7, 11) is 0. The second kappa shape index (κ2) is 9.20. The molecule has 0 radical (unpaired) electrons. The van der Waals surface area contributed by atoms with Crippen molar-refractivity contribution < 1.29 is 9.59 Å². The molecule has 0 aliphatic heterocycles. The quantitative estimate of drug-likeness (QED) is 0.668. The zero-order valence-corrected chi connectivity index (χ0v) is 17.2. The molecule has 0 aliphatic rings. The third kappa shape index (κ3) is 5.68. The van der Waals surface area contributed by atoms with Crippen LogP contribution in [0.3, 0.4) is 0 Å². The maximum Gasteiger partial charge on any atom is 0.231 e. The Morgan fingerprint density at radius 1 is 1.15 bits per heavy atom. The van der Waals surface area contributed by atoms with E-state index in [0.717, 1.165) is 29.4 Å². The molecule has 1 aromatic heterocycles. The van der Waals surface area contributed by atoms with Crippen molar-refractivity contribution in [2.45, 2.75) is 46.7 Å².